The van der Waals surface area contributed by atoms with E-state index in [1.54, 1.807) is 24.3 Å². The molecule has 0 aromatic heterocycles. The first-order chi connectivity index (χ1) is 15.0. The summed E-state index contributed by atoms with van der Waals surface area (Å²) in [4.78, 5) is 16.4. The minimum atomic E-state index is -2.34. The number of esters is 1. The van der Waals surface area contributed by atoms with Crippen LogP contribution in [0.15, 0.2) is 54.6 Å². The number of hydrogen-bond acceptors (Lipinski definition) is 6. The minimum Gasteiger partial charge on any atom is -0.760 e. The molecule has 0 aliphatic carbocycles. The summed E-state index contributed by atoms with van der Waals surface area (Å²) in [6.07, 6.45) is 0.710. The van der Waals surface area contributed by atoms with Gasteiger partial charge in [0.1, 0.15) is 0 Å². The number of benzene rings is 2. The summed E-state index contributed by atoms with van der Waals surface area (Å²) in [5, 5.41) is 0. The molecule has 0 bridgehead atoms. The average molecular weight is 445 g/mol. The topological polar surface area (TPSA) is 76.2 Å². The zero-order valence-corrected chi connectivity index (χ0v) is 18.9. The fourth-order valence-electron chi connectivity index (χ4n) is 3.91. The normalized spacial score (nSPS) is 17.4. The van der Waals surface area contributed by atoms with E-state index in [2.05, 4.69) is 29.0 Å². The highest BCUT2D eigenvalue weighted by Crippen LogP contribution is 2.26. The third kappa shape index (κ3) is 6.69. The van der Waals surface area contributed by atoms with E-state index >= 15 is 0 Å². The van der Waals surface area contributed by atoms with Crippen LogP contribution < -0.4 is 0 Å². The predicted octanol–water partition coefficient (Wildman–Crippen LogP) is 2.45. The Kier molecular flexibility index (Phi) is 8.74. The van der Waals surface area contributed by atoms with Crippen molar-refractivity contribution in [1.29, 1.82) is 0 Å². The van der Waals surface area contributed by atoms with Crippen molar-refractivity contribution >= 4 is 17.2 Å². The van der Waals surface area contributed by atoms with E-state index < -0.39 is 17.2 Å². The number of hydrogen-bond donors (Lipinski definition) is 0. The quantitative estimate of drug-likeness (QED) is 0.437. The lowest BCUT2D eigenvalue weighted by molar-refractivity contribution is 0.0600. The van der Waals surface area contributed by atoms with Crippen LogP contribution in [-0.2, 0) is 22.5 Å². The number of likely N-dealkylation sites (N-methyl/N-ethyl adjacent to an activating group) is 1. The molecule has 0 amide bonds. The SMILES string of the molecule is COC(=O)c1ccc(CN(CCC(c2ccccc2)N2CCN(C)CC2)S(=O)[O-])cc1. The van der Waals surface area contributed by atoms with Crippen molar-refractivity contribution in [3.63, 3.8) is 0 Å². The van der Waals surface area contributed by atoms with Crippen LogP contribution in [0.3, 0.4) is 0 Å². The summed E-state index contributed by atoms with van der Waals surface area (Å²) in [5.41, 5.74) is 2.49. The van der Waals surface area contributed by atoms with Crippen molar-refractivity contribution < 1.29 is 18.3 Å². The molecule has 0 spiro atoms. The molecule has 1 aliphatic heterocycles. The van der Waals surface area contributed by atoms with Gasteiger partial charge >= 0.3 is 5.97 Å². The van der Waals surface area contributed by atoms with Crippen molar-refractivity contribution in [3.8, 4) is 0 Å². The molecule has 168 valence electrons. The average Bonchev–Trinajstić information content (AvgIpc) is 2.80. The van der Waals surface area contributed by atoms with E-state index in [0.29, 0.717) is 18.5 Å². The number of methoxy groups -OCH3 is 1. The number of ether oxygens (including phenoxy) is 1. The molecule has 2 aromatic rings. The summed E-state index contributed by atoms with van der Waals surface area (Å²) in [5.74, 6) is -0.409. The molecule has 0 radical (unpaired) electrons. The Hall–Kier alpha value is -2.10. The molecule has 1 saturated heterocycles. The highest BCUT2D eigenvalue weighted by Gasteiger charge is 2.24. The number of carbonyl (C=O) groups is 1. The van der Waals surface area contributed by atoms with Gasteiger partial charge in [-0.15, -0.1) is 0 Å². The fourth-order valence-corrected chi connectivity index (χ4v) is 4.42. The monoisotopic (exact) mass is 444 g/mol. The fraction of sp³-hybridized carbons (Fsp3) is 0.435. The maximum Gasteiger partial charge on any atom is 0.337 e. The summed E-state index contributed by atoms with van der Waals surface area (Å²) in [6.45, 7) is 4.62. The van der Waals surface area contributed by atoms with Crippen LogP contribution in [-0.4, -0.2) is 75.7 Å². The van der Waals surface area contributed by atoms with Gasteiger partial charge in [0.05, 0.1) is 12.7 Å². The summed E-state index contributed by atoms with van der Waals surface area (Å²) in [7, 11) is 3.46. The smallest absolute Gasteiger partial charge is 0.337 e. The summed E-state index contributed by atoms with van der Waals surface area (Å²) >= 11 is -2.34. The third-order valence-corrected chi connectivity index (χ3v) is 6.49. The molecule has 1 fully saturated rings. The molecule has 0 saturated carbocycles. The van der Waals surface area contributed by atoms with E-state index in [1.165, 1.54) is 17.0 Å². The van der Waals surface area contributed by atoms with Crippen LogP contribution in [0, 0.1) is 0 Å². The lowest BCUT2D eigenvalue weighted by Crippen LogP contribution is -2.46. The first kappa shape index (κ1) is 23.6. The Balaban J connectivity index is 1.68. The predicted molar refractivity (Wildman–Crippen MR) is 120 cm³/mol. The number of piperazine rings is 1. The molecule has 8 heteroatoms. The maximum atomic E-state index is 11.9. The van der Waals surface area contributed by atoms with Gasteiger partial charge in [0.15, 0.2) is 0 Å². The van der Waals surface area contributed by atoms with Crippen molar-refractivity contribution in [3.05, 3.63) is 71.3 Å². The molecule has 2 aromatic carbocycles. The highest BCUT2D eigenvalue weighted by atomic mass is 32.2. The molecule has 0 N–H and O–H groups in total. The van der Waals surface area contributed by atoms with Crippen molar-refractivity contribution in [2.75, 3.05) is 46.9 Å². The molecule has 2 unspecified atom stereocenters. The van der Waals surface area contributed by atoms with Gasteiger partial charge in [0.2, 0.25) is 0 Å². The molecule has 1 heterocycles. The Morgan fingerprint density at radius 1 is 1.10 bits per heavy atom. The number of nitrogens with zero attached hydrogens (tertiary/aromatic N) is 3. The molecular formula is C23H30N3O4S-. The molecular weight excluding hydrogens is 414 g/mol. The van der Waals surface area contributed by atoms with Gasteiger partial charge in [-0.3, -0.25) is 9.11 Å². The summed E-state index contributed by atoms with van der Waals surface area (Å²) < 4.78 is 30.0. The van der Waals surface area contributed by atoms with Crippen LogP contribution >= 0.6 is 0 Å². The van der Waals surface area contributed by atoms with Crippen LogP contribution in [0.5, 0.6) is 0 Å². The number of carbonyl (C=O) groups excluding carboxylic acids is 1. The zero-order chi connectivity index (χ0) is 22.2. The van der Waals surface area contributed by atoms with Gasteiger partial charge in [-0.2, -0.15) is 0 Å². The highest BCUT2D eigenvalue weighted by molar-refractivity contribution is 7.76. The lowest BCUT2D eigenvalue weighted by Gasteiger charge is -2.39. The van der Waals surface area contributed by atoms with E-state index in [0.717, 1.165) is 31.7 Å². The largest absolute Gasteiger partial charge is 0.760 e. The van der Waals surface area contributed by atoms with Crippen LogP contribution in [0.25, 0.3) is 0 Å². The van der Waals surface area contributed by atoms with Gasteiger partial charge < -0.3 is 14.2 Å². The first-order valence-electron chi connectivity index (χ1n) is 10.5. The molecule has 7 nitrogen and oxygen atoms in total. The van der Waals surface area contributed by atoms with Gasteiger partial charge in [0.25, 0.3) is 0 Å². The second-order valence-corrected chi connectivity index (χ2v) is 8.77. The van der Waals surface area contributed by atoms with Crippen LogP contribution in [0.2, 0.25) is 0 Å². The van der Waals surface area contributed by atoms with E-state index in [4.69, 9.17) is 4.74 Å². The lowest BCUT2D eigenvalue weighted by atomic mass is 10.0. The van der Waals surface area contributed by atoms with E-state index in [1.807, 2.05) is 18.2 Å². The van der Waals surface area contributed by atoms with Crippen molar-refractivity contribution in [2.45, 2.75) is 19.0 Å². The molecule has 31 heavy (non-hydrogen) atoms. The standard InChI is InChI=1S/C23H31N3O4S/c1-24-14-16-25(17-15-24)22(20-6-4-3-5-7-20)12-13-26(31(28)29)18-19-8-10-21(11-9-19)23(27)30-2/h3-11,22H,12-18H2,1-2H3,(H,28,29)/p-1. The minimum absolute atomic E-state index is 0.169. The molecule has 2 atom stereocenters. The Morgan fingerprint density at radius 3 is 2.32 bits per heavy atom. The Labute approximate surface area is 187 Å². The van der Waals surface area contributed by atoms with Gasteiger partial charge in [-0.1, -0.05) is 42.5 Å². The number of rotatable bonds is 9. The zero-order valence-electron chi connectivity index (χ0n) is 18.1. The van der Waals surface area contributed by atoms with Gasteiger partial charge in [0, 0.05) is 56.6 Å². The van der Waals surface area contributed by atoms with Crippen molar-refractivity contribution in [1.82, 2.24) is 14.1 Å². The Bertz CT molecular complexity index is 855. The second kappa shape index (κ2) is 11.5. The maximum absolute atomic E-state index is 11.9. The van der Waals surface area contributed by atoms with Gasteiger partial charge in [-0.05, 0) is 36.7 Å². The third-order valence-electron chi connectivity index (χ3n) is 5.76. The van der Waals surface area contributed by atoms with E-state index in [-0.39, 0.29) is 12.6 Å². The van der Waals surface area contributed by atoms with E-state index in [9.17, 15) is 13.6 Å². The second-order valence-electron chi connectivity index (χ2n) is 7.82. The van der Waals surface area contributed by atoms with Crippen molar-refractivity contribution in [2.24, 2.45) is 0 Å². The van der Waals surface area contributed by atoms with Crippen LogP contribution in [0.4, 0.5) is 0 Å². The Morgan fingerprint density at radius 2 is 1.74 bits per heavy atom. The van der Waals surface area contributed by atoms with Gasteiger partial charge in [-0.25, -0.2) is 9.10 Å². The molecule has 1 aliphatic rings. The first-order valence-corrected chi connectivity index (χ1v) is 11.5. The summed E-state index contributed by atoms with van der Waals surface area (Å²) in [6, 6.07) is 17.3. The molecule has 3 rings (SSSR count). The van der Waals surface area contributed by atoms with Crippen LogP contribution in [0.1, 0.15) is 33.9 Å².